The number of hydrogen-bond donors (Lipinski definition) is 2. The largest absolute Gasteiger partial charge is 0.462 e. The lowest BCUT2D eigenvalue weighted by molar-refractivity contribution is 0.0533. The van der Waals surface area contributed by atoms with E-state index < -0.39 is 5.97 Å². The lowest BCUT2D eigenvalue weighted by atomic mass is 10.2. The standard InChI is InChI=1S/C12H13N5O3S/c1-3-19-12(18)10-9(14)7(4-13)11(21-10)15-5-8-16-6(2)20-17-8/h15H,3,5,14H2,1-2H3. The second-order valence-corrected chi connectivity index (χ2v) is 4.99. The maximum Gasteiger partial charge on any atom is 0.350 e. The highest BCUT2D eigenvalue weighted by Crippen LogP contribution is 2.35. The van der Waals surface area contributed by atoms with E-state index >= 15 is 0 Å². The molecule has 0 bridgehead atoms. The summed E-state index contributed by atoms with van der Waals surface area (Å²) in [5, 5.41) is 16.3. The van der Waals surface area contributed by atoms with Crippen molar-refractivity contribution < 1.29 is 14.1 Å². The van der Waals surface area contributed by atoms with Gasteiger partial charge in [0.1, 0.15) is 21.5 Å². The van der Waals surface area contributed by atoms with E-state index in [0.717, 1.165) is 11.3 Å². The van der Waals surface area contributed by atoms with Gasteiger partial charge < -0.3 is 20.3 Å². The number of aromatic nitrogens is 2. The zero-order chi connectivity index (χ0) is 15.4. The molecule has 0 aliphatic carbocycles. The molecule has 9 heteroatoms. The van der Waals surface area contributed by atoms with E-state index in [1.54, 1.807) is 13.8 Å². The number of anilines is 2. The molecule has 0 spiro atoms. The van der Waals surface area contributed by atoms with Gasteiger partial charge in [-0.3, -0.25) is 0 Å². The van der Waals surface area contributed by atoms with Gasteiger partial charge in [-0.2, -0.15) is 10.2 Å². The van der Waals surface area contributed by atoms with Crippen molar-refractivity contribution in [1.29, 1.82) is 5.26 Å². The van der Waals surface area contributed by atoms with Gasteiger partial charge in [-0.25, -0.2) is 4.79 Å². The van der Waals surface area contributed by atoms with Crippen LogP contribution < -0.4 is 11.1 Å². The minimum Gasteiger partial charge on any atom is -0.462 e. The van der Waals surface area contributed by atoms with Gasteiger partial charge in [0.25, 0.3) is 0 Å². The van der Waals surface area contributed by atoms with Crippen LogP contribution in [0, 0.1) is 18.3 Å². The van der Waals surface area contributed by atoms with E-state index in [4.69, 9.17) is 20.3 Å². The van der Waals surface area contributed by atoms with E-state index in [1.807, 2.05) is 6.07 Å². The average molecular weight is 307 g/mol. The van der Waals surface area contributed by atoms with Gasteiger partial charge in [-0.1, -0.05) is 5.16 Å². The Bertz CT molecular complexity index is 700. The van der Waals surface area contributed by atoms with Crippen LogP contribution in [0.1, 0.15) is 33.9 Å². The number of carbonyl (C=O) groups excluding carboxylic acids is 1. The number of nitriles is 1. The smallest absolute Gasteiger partial charge is 0.350 e. The van der Waals surface area contributed by atoms with Gasteiger partial charge in [0.05, 0.1) is 18.8 Å². The molecule has 0 saturated heterocycles. The Morgan fingerprint density at radius 3 is 2.95 bits per heavy atom. The monoisotopic (exact) mass is 307 g/mol. The summed E-state index contributed by atoms with van der Waals surface area (Å²) < 4.78 is 9.75. The number of nitrogen functional groups attached to an aromatic ring is 1. The molecule has 0 aliphatic heterocycles. The van der Waals surface area contributed by atoms with Crippen molar-refractivity contribution in [2.24, 2.45) is 0 Å². The lowest BCUT2D eigenvalue weighted by Gasteiger charge is -1.99. The zero-order valence-electron chi connectivity index (χ0n) is 11.5. The van der Waals surface area contributed by atoms with Crippen molar-refractivity contribution in [1.82, 2.24) is 10.1 Å². The Hall–Kier alpha value is -2.60. The molecule has 0 unspecified atom stereocenters. The van der Waals surface area contributed by atoms with E-state index in [2.05, 4.69) is 15.5 Å². The Morgan fingerprint density at radius 2 is 2.38 bits per heavy atom. The van der Waals surface area contributed by atoms with Crippen molar-refractivity contribution >= 4 is 28.0 Å². The molecule has 110 valence electrons. The molecule has 0 aromatic carbocycles. The fourth-order valence-corrected chi connectivity index (χ4v) is 2.56. The highest BCUT2D eigenvalue weighted by atomic mass is 32.1. The third-order valence-electron chi connectivity index (χ3n) is 2.49. The van der Waals surface area contributed by atoms with Crippen LogP contribution in [-0.2, 0) is 11.3 Å². The van der Waals surface area contributed by atoms with E-state index in [9.17, 15) is 4.79 Å². The number of nitrogens with one attached hydrogen (secondary N) is 1. The van der Waals surface area contributed by atoms with Crippen LogP contribution in [0.15, 0.2) is 4.52 Å². The molecule has 21 heavy (non-hydrogen) atoms. The van der Waals surface area contributed by atoms with Crippen molar-refractivity contribution in [3.05, 3.63) is 22.2 Å². The molecule has 0 aliphatic rings. The highest BCUT2D eigenvalue weighted by Gasteiger charge is 2.22. The van der Waals surface area contributed by atoms with Crippen LogP contribution in [0.5, 0.6) is 0 Å². The highest BCUT2D eigenvalue weighted by molar-refractivity contribution is 7.18. The molecular weight excluding hydrogens is 294 g/mol. The Balaban J connectivity index is 2.21. The molecule has 8 nitrogen and oxygen atoms in total. The summed E-state index contributed by atoms with van der Waals surface area (Å²) in [7, 11) is 0. The van der Waals surface area contributed by atoms with Gasteiger partial charge in [0.2, 0.25) is 5.89 Å². The first kappa shape index (κ1) is 14.8. The third kappa shape index (κ3) is 3.11. The average Bonchev–Trinajstić information content (AvgIpc) is 3.00. The summed E-state index contributed by atoms with van der Waals surface area (Å²) in [4.78, 5) is 16.0. The molecule has 0 saturated carbocycles. The number of thiophene rings is 1. The maximum atomic E-state index is 11.8. The Labute approximate surface area is 124 Å². The number of carbonyl (C=O) groups is 1. The molecule has 2 aromatic heterocycles. The van der Waals surface area contributed by atoms with Crippen molar-refractivity contribution in [2.45, 2.75) is 20.4 Å². The number of nitrogens with zero attached hydrogens (tertiary/aromatic N) is 3. The molecule has 2 aromatic rings. The summed E-state index contributed by atoms with van der Waals surface area (Å²) in [6.45, 7) is 3.88. The predicted octanol–water partition coefficient (Wildman–Crippen LogP) is 1.68. The van der Waals surface area contributed by atoms with Crippen LogP contribution in [0.3, 0.4) is 0 Å². The van der Waals surface area contributed by atoms with Crippen LogP contribution >= 0.6 is 11.3 Å². The topological polar surface area (TPSA) is 127 Å². The summed E-state index contributed by atoms with van der Waals surface area (Å²) in [6, 6.07) is 1.97. The first-order valence-corrected chi connectivity index (χ1v) is 6.91. The quantitative estimate of drug-likeness (QED) is 0.799. The molecule has 2 rings (SSSR count). The van der Waals surface area contributed by atoms with Gasteiger partial charge >= 0.3 is 5.97 Å². The number of nitrogens with two attached hydrogens (primary N) is 1. The number of rotatable bonds is 5. The fraction of sp³-hybridized carbons (Fsp3) is 0.333. The van der Waals surface area contributed by atoms with Gasteiger partial charge in [0, 0.05) is 6.92 Å². The van der Waals surface area contributed by atoms with Gasteiger partial charge in [-0.05, 0) is 6.92 Å². The minimum atomic E-state index is -0.542. The summed E-state index contributed by atoms with van der Waals surface area (Å²) >= 11 is 1.07. The van der Waals surface area contributed by atoms with E-state index in [1.165, 1.54) is 0 Å². The normalized spacial score (nSPS) is 10.1. The van der Waals surface area contributed by atoms with Gasteiger partial charge in [0.15, 0.2) is 5.82 Å². The number of ether oxygens (including phenoxy) is 1. The van der Waals surface area contributed by atoms with Crippen molar-refractivity contribution in [2.75, 3.05) is 17.7 Å². The molecule has 0 radical (unpaired) electrons. The molecule has 3 N–H and O–H groups in total. The Kier molecular flexibility index (Phi) is 4.39. The van der Waals surface area contributed by atoms with Crippen LogP contribution in [0.4, 0.5) is 10.7 Å². The van der Waals surface area contributed by atoms with Crippen molar-refractivity contribution in [3.63, 3.8) is 0 Å². The van der Waals surface area contributed by atoms with Crippen molar-refractivity contribution in [3.8, 4) is 6.07 Å². The van der Waals surface area contributed by atoms with Gasteiger partial charge in [-0.15, -0.1) is 11.3 Å². The summed E-state index contributed by atoms with van der Waals surface area (Å²) in [5.74, 6) is 0.353. The number of esters is 1. The van der Waals surface area contributed by atoms with E-state index in [0.29, 0.717) is 16.7 Å². The van der Waals surface area contributed by atoms with Crippen LogP contribution in [-0.4, -0.2) is 22.7 Å². The fourth-order valence-electron chi connectivity index (χ4n) is 1.60. The zero-order valence-corrected chi connectivity index (χ0v) is 12.3. The third-order valence-corrected chi connectivity index (χ3v) is 3.64. The lowest BCUT2D eigenvalue weighted by Crippen LogP contribution is -2.05. The molecule has 0 atom stereocenters. The molecule has 2 heterocycles. The number of aryl methyl sites for hydroxylation is 1. The number of hydrogen-bond acceptors (Lipinski definition) is 9. The molecule has 0 fully saturated rings. The maximum absolute atomic E-state index is 11.8. The SMILES string of the molecule is CCOC(=O)c1sc(NCc2noc(C)n2)c(C#N)c1N. The summed E-state index contributed by atoms with van der Waals surface area (Å²) in [6.07, 6.45) is 0. The predicted molar refractivity (Wildman–Crippen MR) is 75.8 cm³/mol. The second kappa shape index (κ2) is 6.23. The first-order valence-electron chi connectivity index (χ1n) is 6.09. The summed E-state index contributed by atoms with van der Waals surface area (Å²) in [5.41, 5.74) is 6.15. The van der Waals surface area contributed by atoms with Crippen LogP contribution in [0.2, 0.25) is 0 Å². The molecule has 0 amide bonds. The minimum absolute atomic E-state index is 0.118. The molecular formula is C12H13N5O3S. The van der Waals surface area contributed by atoms with E-state index in [-0.39, 0.29) is 29.3 Å². The van der Waals surface area contributed by atoms with Crippen LogP contribution in [0.25, 0.3) is 0 Å². The first-order chi connectivity index (χ1) is 10.1. The Morgan fingerprint density at radius 1 is 1.62 bits per heavy atom. The second-order valence-electron chi connectivity index (χ2n) is 3.96.